The number of hydrogen-bond donors (Lipinski definition) is 4. The molecule has 0 unspecified atom stereocenters. The Morgan fingerprint density at radius 2 is 0.917 bits per heavy atom. The van der Waals surface area contributed by atoms with Crippen LogP contribution in [0.5, 0.6) is 0 Å². The minimum absolute atomic E-state index is 0.328. The molecule has 0 aliphatic carbocycles. The molecule has 8 nitrogen and oxygen atoms in total. The third-order valence-electron chi connectivity index (χ3n) is 2.93. The first-order valence-electron chi connectivity index (χ1n) is 6.79. The zero-order chi connectivity index (χ0) is 17.8. The maximum absolute atomic E-state index is 10.9. The lowest BCUT2D eigenvalue weighted by atomic mass is 10.2. The summed E-state index contributed by atoms with van der Waals surface area (Å²) in [6, 6.07) is 12.6. The summed E-state index contributed by atoms with van der Waals surface area (Å²) in [6.07, 6.45) is -0.656. The number of benzene rings is 2. The van der Waals surface area contributed by atoms with Crippen molar-refractivity contribution < 1.29 is 28.7 Å². The van der Waals surface area contributed by atoms with E-state index in [2.05, 4.69) is 10.2 Å². The minimum atomic E-state index is -4.10. The van der Waals surface area contributed by atoms with Crippen molar-refractivity contribution >= 4 is 26.6 Å². The molecule has 0 fully saturated rings. The SMILES string of the molecule is O=P(O)(O)Cc1ccc(N=Nc2ccc(CP(=O)(O)O)cc2)cc1. The van der Waals surface area contributed by atoms with Crippen molar-refractivity contribution in [2.45, 2.75) is 12.3 Å². The van der Waals surface area contributed by atoms with E-state index in [9.17, 15) is 9.13 Å². The molecule has 0 bridgehead atoms. The summed E-state index contributed by atoms with van der Waals surface area (Å²) in [5.74, 6) is 0. The first-order valence-corrected chi connectivity index (χ1v) is 10.4. The van der Waals surface area contributed by atoms with Crippen LogP contribution in [0.3, 0.4) is 0 Å². The Hall–Kier alpha value is -1.66. The molecule has 0 saturated heterocycles. The first-order chi connectivity index (χ1) is 11.1. The quantitative estimate of drug-likeness (QED) is 0.453. The summed E-state index contributed by atoms with van der Waals surface area (Å²) in [7, 11) is -8.19. The van der Waals surface area contributed by atoms with Crippen molar-refractivity contribution in [3.8, 4) is 0 Å². The van der Waals surface area contributed by atoms with Gasteiger partial charge in [-0.3, -0.25) is 9.13 Å². The predicted molar refractivity (Wildman–Crippen MR) is 88.6 cm³/mol. The maximum Gasteiger partial charge on any atom is 0.329 e. The van der Waals surface area contributed by atoms with Gasteiger partial charge in [-0.25, -0.2) is 0 Å². The van der Waals surface area contributed by atoms with Crippen molar-refractivity contribution in [3.63, 3.8) is 0 Å². The van der Waals surface area contributed by atoms with Crippen LogP contribution in [0.4, 0.5) is 11.4 Å². The number of rotatable bonds is 6. The van der Waals surface area contributed by atoms with Gasteiger partial charge in [0.05, 0.1) is 23.7 Å². The Bertz CT molecular complexity index is 739. The molecule has 0 aliphatic rings. The van der Waals surface area contributed by atoms with Crippen LogP contribution in [0.25, 0.3) is 0 Å². The third-order valence-corrected chi connectivity index (χ3v) is 4.48. The average Bonchev–Trinajstić information content (AvgIpc) is 2.45. The van der Waals surface area contributed by atoms with E-state index >= 15 is 0 Å². The molecule has 0 amide bonds. The molecule has 4 N–H and O–H groups in total. The van der Waals surface area contributed by atoms with Gasteiger partial charge >= 0.3 is 15.2 Å². The van der Waals surface area contributed by atoms with Gasteiger partial charge in [0, 0.05) is 0 Å². The smallest absolute Gasteiger partial charge is 0.324 e. The Labute approximate surface area is 138 Å². The maximum atomic E-state index is 10.9. The highest BCUT2D eigenvalue weighted by molar-refractivity contribution is 7.51. The normalized spacial score (nSPS) is 12.7. The fraction of sp³-hybridized carbons (Fsp3) is 0.143. The highest BCUT2D eigenvalue weighted by atomic mass is 31.2. The summed E-state index contributed by atoms with van der Waals surface area (Å²) in [4.78, 5) is 35.6. The van der Waals surface area contributed by atoms with E-state index in [1.54, 1.807) is 48.5 Å². The minimum Gasteiger partial charge on any atom is -0.324 e. The van der Waals surface area contributed by atoms with Crippen molar-refractivity contribution in [2.75, 3.05) is 0 Å². The van der Waals surface area contributed by atoms with Gasteiger partial charge in [-0.1, -0.05) is 24.3 Å². The van der Waals surface area contributed by atoms with E-state index in [1.807, 2.05) is 0 Å². The van der Waals surface area contributed by atoms with Crippen LogP contribution in [0.2, 0.25) is 0 Å². The predicted octanol–water partition coefficient (Wildman–Crippen LogP) is 3.46. The Morgan fingerprint density at radius 1 is 0.625 bits per heavy atom. The molecular formula is C14H16N2O6P2. The Kier molecular flexibility index (Phi) is 5.83. The van der Waals surface area contributed by atoms with Crippen molar-refractivity contribution in [2.24, 2.45) is 10.2 Å². The lowest BCUT2D eigenvalue weighted by Gasteiger charge is -2.04. The highest BCUT2D eigenvalue weighted by Crippen LogP contribution is 2.40. The average molecular weight is 370 g/mol. The van der Waals surface area contributed by atoms with Gasteiger partial charge in [0.25, 0.3) is 0 Å². The van der Waals surface area contributed by atoms with Gasteiger partial charge in [0.2, 0.25) is 0 Å². The highest BCUT2D eigenvalue weighted by Gasteiger charge is 2.14. The second-order valence-corrected chi connectivity index (χ2v) is 8.47. The van der Waals surface area contributed by atoms with E-state index < -0.39 is 15.2 Å². The number of nitrogens with zero attached hydrogens (tertiary/aromatic N) is 2. The number of azo groups is 1. The van der Waals surface area contributed by atoms with Gasteiger partial charge in [-0.2, -0.15) is 10.2 Å². The van der Waals surface area contributed by atoms with Gasteiger partial charge in [0.1, 0.15) is 0 Å². The lowest BCUT2D eigenvalue weighted by Crippen LogP contribution is -1.85. The van der Waals surface area contributed by atoms with E-state index in [-0.39, 0.29) is 12.3 Å². The van der Waals surface area contributed by atoms with Crippen LogP contribution in [0.15, 0.2) is 58.8 Å². The topological polar surface area (TPSA) is 140 Å². The standard InChI is InChI=1S/C14H16N2O6P2/c17-23(18,19)9-11-1-5-13(6-2-11)15-16-14-7-3-12(4-8-14)10-24(20,21)22/h1-8H,9-10H2,(H2,17,18,19)(H2,20,21,22). The van der Waals surface area contributed by atoms with Gasteiger partial charge in [0.15, 0.2) is 0 Å². The van der Waals surface area contributed by atoms with Crippen molar-refractivity contribution in [1.82, 2.24) is 0 Å². The fourth-order valence-electron chi connectivity index (χ4n) is 1.93. The zero-order valence-corrected chi connectivity index (χ0v) is 14.2. The van der Waals surface area contributed by atoms with Crippen LogP contribution in [0.1, 0.15) is 11.1 Å². The summed E-state index contributed by atoms with van der Waals surface area (Å²) < 4.78 is 21.8. The molecule has 0 atom stereocenters. The molecule has 0 radical (unpaired) electrons. The molecule has 128 valence electrons. The van der Waals surface area contributed by atoms with E-state index in [0.29, 0.717) is 22.5 Å². The van der Waals surface area contributed by atoms with Gasteiger partial charge < -0.3 is 19.6 Å². The molecule has 0 saturated carbocycles. The zero-order valence-electron chi connectivity index (χ0n) is 12.4. The molecule has 24 heavy (non-hydrogen) atoms. The van der Waals surface area contributed by atoms with Crippen LogP contribution >= 0.6 is 15.2 Å². The van der Waals surface area contributed by atoms with Crippen LogP contribution in [0, 0.1) is 0 Å². The molecule has 10 heteroatoms. The second kappa shape index (κ2) is 7.49. The molecule has 0 aliphatic heterocycles. The molecular weight excluding hydrogens is 354 g/mol. The first kappa shape index (κ1) is 18.7. The van der Waals surface area contributed by atoms with Crippen molar-refractivity contribution in [1.29, 1.82) is 0 Å². The third kappa shape index (κ3) is 6.84. The number of hydrogen-bond acceptors (Lipinski definition) is 4. The Balaban J connectivity index is 2.02. The molecule has 0 aromatic heterocycles. The summed E-state index contributed by atoms with van der Waals surface area (Å²) in [6.45, 7) is 0. The van der Waals surface area contributed by atoms with Gasteiger partial charge in [-0.05, 0) is 35.4 Å². The van der Waals surface area contributed by atoms with Crippen LogP contribution in [-0.2, 0) is 21.5 Å². The molecule has 0 spiro atoms. The van der Waals surface area contributed by atoms with Crippen LogP contribution in [-0.4, -0.2) is 19.6 Å². The monoisotopic (exact) mass is 370 g/mol. The van der Waals surface area contributed by atoms with Gasteiger partial charge in [-0.15, -0.1) is 0 Å². The lowest BCUT2D eigenvalue weighted by molar-refractivity contribution is 0.369. The fourth-order valence-corrected chi connectivity index (χ4v) is 3.30. The Morgan fingerprint density at radius 3 is 1.17 bits per heavy atom. The van der Waals surface area contributed by atoms with E-state index in [4.69, 9.17) is 19.6 Å². The second-order valence-electron chi connectivity index (χ2n) is 5.18. The summed E-state index contributed by atoms with van der Waals surface area (Å²) in [5, 5.41) is 7.99. The molecule has 0 heterocycles. The summed E-state index contributed by atoms with van der Waals surface area (Å²) in [5.41, 5.74) is 2.04. The van der Waals surface area contributed by atoms with Crippen molar-refractivity contribution in [3.05, 3.63) is 59.7 Å². The van der Waals surface area contributed by atoms with Crippen LogP contribution < -0.4 is 0 Å². The summed E-state index contributed by atoms with van der Waals surface area (Å²) >= 11 is 0. The largest absolute Gasteiger partial charge is 0.329 e. The van der Waals surface area contributed by atoms with E-state index in [0.717, 1.165) is 0 Å². The molecule has 2 aromatic rings. The van der Waals surface area contributed by atoms with E-state index in [1.165, 1.54) is 0 Å². The molecule has 2 rings (SSSR count). The molecule has 2 aromatic carbocycles.